The lowest BCUT2D eigenvalue weighted by Gasteiger charge is -2.29. The van der Waals surface area contributed by atoms with Gasteiger partial charge in [0, 0.05) is 13.1 Å². The Kier molecular flexibility index (Phi) is 4.88. The van der Waals surface area contributed by atoms with Crippen molar-refractivity contribution in [3.8, 4) is 0 Å². The Labute approximate surface area is 114 Å². The fourth-order valence-electron chi connectivity index (χ4n) is 1.48. The summed E-state index contributed by atoms with van der Waals surface area (Å²) >= 11 is 0. The van der Waals surface area contributed by atoms with Crippen LogP contribution in [0.25, 0.3) is 0 Å². The molecule has 0 aliphatic carbocycles. The number of rotatable bonds is 6. The number of nitrogens with two attached hydrogens (primary N) is 1. The minimum absolute atomic E-state index is 0.167. The number of nitrogens with one attached hydrogen (secondary N) is 1. The van der Waals surface area contributed by atoms with Gasteiger partial charge in [0.15, 0.2) is 0 Å². The Hall–Kier alpha value is -1.63. The van der Waals surface area contributed by atoms with Crippen molar-refractivity contribution in [3.05, 3.63) is 0 Å². The summed E-state index contributed by atoms with van der Waals surface area (Å²) in [6.07, 6.45) is -0.553. The molecule has 0 amide bonds. The third kappa shape index (κ3) is 3.92. The average Bonchev–Trinajstić information content (AvgIpc) is 2.28. The first kappa shape index (κ1) is 15.4. The van der Waals surface area contributed by atoms with E-state index in [9.17, 15) is 5.11 Å². The first-order valence-electron chi connectivity index (χ1n) is 6.52. The van der Waals surface area contributed by atoms with Gasteiger partial charge in [0.2, 0.25) is 17.8 Å². The van der Waals surface area contributed by atoms with Crippen LogP contribution in [-0.2, 0) is 0 Å². The molecule has 1 atom stereocenters. The Balaban J connectivity index is 3.03. The van der Waals surface area contributed by atoms with E-state index in [1.54, 1.807) is 6.92 Å². The van der Waals surface area contributed by atoms with E-state index in [1.807, 2.05) is 32.6 Å². The second-order valence-corrected chi connectivity index (χ2v) is 5.01. The van der Waals surface area contributed by atoms with E-state index < -0.39 is 11.6 Å². The number of anilines is 3. The van der Waals surface area contributed by atoms with Crippen LogP contribution in [0.15, 0.2) is 0 Å². The molecule has 7 nitrogen and oxygen atoms in total. The molecule has 0 fully saturated rings. The lowest BCUT2D eigenvalue weighted by Crippen LogP contribution is -2.42. The van der Waals surface area contributed by atoms with Crippen molar-refractivity contribution in [1.82, 2.24) is 15.0 Å². The molecular formula is C12H24N6O. The maximum atomic E-state index is 9.71. The third-order valence-electron chi connectivity index (χ3n) is 3.17. The van der Waals surface area contributed by atoms with Gasteiger partial charge in [0.25, 0.3) is 0 Å². The molecule has 7 heteroatoms. The van der Waals surface area contributed by atoms with E-state index in [0.29, 0.717) is 11.9 Å². The Morgan fingerprint density at radius 1 is 1.26 bits per heavy atom. The van der Waals surface area contributed by atoms with Gasteiger partial charge in [-0.25, -0.2) is 0 Å². The molecule has 108 valence electrons. The molecule has 4 N–H and O–H groups in total. The highest BCUT2D eigenvalue weighted by atomic mass is 16.3. The van der Waals surface area contributed by atoms with Crippen LogP contribution < -0.4 is 16.0 Å². The van der Waals surface area contributed by atoms with Crippen LogP contribution in [0, 0.1) is 0 Å². The summed E-state index contributed by atoms with van der Waals surface area (Å²) in [5.74, 6) is 1.09. The fraction of sp³-hybridized carbons (Fsp3) is 0.750. The smallest absolute Gasteiger partial charge is 0.231 e. The average molecular weight is 268 g/mol. The molecule has 0 bridgehead atoms. The zero-order valence-electron chi connectivity index (χ0n) is 12.3. The standard InChI is InChI=1S/C12H24N6O/c1-6-18(7-2)11-15-9(13)14-10(16-11)17-12(4,5)8(3)19/h8,19H,6-7H2,1-5H3,(H3,13,14,15,16,17). The monoisotopic (exact) mass is 268 g/mol. The zero-order chi connectivity index (χ0) is 14.6. The summed E-state index contributed by atoms with van der Waals surface area (Å²) in [5.41, 5.74) is 5.16. The fourth-order valence-corrected chi connectivity index (χ4v) is 1.48. The number of aromatic nitrogens is 3. The van der Waals surface area contributed by atoms with Crippen molar-refractivity contribution in [2.24, 2.45) is 0 Å². The van der Waals surface area contributed by atoms with Crippen LogP contribution in [0.4, 0.5) is 17.8 Å². The van der Waals surface area contributed by atoms with Crippen LogP contribution in [0.3, 0.4) is 0 Å². The number of aliphatic hydroxyl groups excluding tert-OH is 1. The summed E-state index contributed by atoms with van der Waals surface area (Å²) in [6.45, 7) is 11.1. The second-order valence-electron chi connectivity index (χ2n) is 5.01. The lowest BCUT2D eigenvalue weighted by atomic mass is 9.99. The molecule has 0 aromatic carbocycles. The number of nitrogen functional groups attached to an aromatic ring is 1. The molecule has 0 aliphatic heterocycles. The molecule has 0 spiro atoms. The van der Waals surface area contributed by atoms with Gasteiger partial charge in [-0.1, -0.05) is 0 Å². The highest BCUT2D eigenvalue weighted by Crippen LogP contribution is 2.18. The topological polar surface area (TPSA) is 100 Å². The summed E-state index contributed by atoms with van der Waals surface area (Å²) in [6, 6.07) is 0. The molecule has 1 rings (SSSR count). The van der Waals surface area contributed by atoms with E-state index in [0.717, 1.165) is 13.1 Å². The Morgan fingerprint density at radius 2 is 1.84 bits per heavy atom. The van der Waals surface area contributed by atoms with E-state index in [1.165, 1.54) is 0 Å². The molecule has 1 heterocycles. The normalized spacial score (nSPS) is 13.2. The highest BCUT2D eigenvalue weighted by Gasteiger charge is 2.25. The molecule has 0 radical (unpaired) electrons. The van der Waals surface area contributed by atoms with Crippen molar-refractivity contribution in [2.75, 3.05) is 29.0 Å². The summed E-state index contributed by atoms with van der Waals surface area (Å²) in [7, 11) is 0. The number of hydrogen-bond acceptors (Lipinski definition) is 7. The first-order chi connectivity index (χ1) is 8.80. The zero-order valence-corrected chi connectivity index (χ0v) is 12.3. The summed E-state index contributed by atoms with van der Waals surface area (Å²) in [5, 5.41) is 12.8. The molecule has 0 aliphatic rings. The van der Waals surface area contributed by atoms with Gasteiger partial charge in [0.1, 0.15) is 0 Å². The maximum Gasteiger partial charge on any atom is 0.231 e. The summed E-state index contributed by atoms with van der Waals surface area (Å²) < 4.78 is 0. The predicted molar refractivity (Wildman–Crippen MR) is 77.2 cm³/mol. The largest absolute Gasteiger partial charge is 0.391 e. The van der Waals surface area contributed by atoms with Crippen molar-refractivity contribution in [3.63, 3.8) is 0 Å². The molecule has 1 aromatic rings. The van der Waals surface area contributed by atoms with Gasteiger partial charge < -0.3 is 21.1 Å². The quantitative estimate of drug-likeness (QED) is 0.704. The molecule has 0 saturated heterocycles. The van der Waals surface area contributed by atoms with Crippen LogP contribution in [-0.4, -0.2) is 44.8 Å². The van der Waals surface area contributed by atoms with Gasteiger partial charge in [-0.05, 0) is 34.6 Å². The van der Waals surface area contributed by atoms with E-state index in [2.05, 4.69) is 20.3 Å². The van der Waals surface area contributed by atoms with E-state index in [4.69, 9.17) is 5.73 Å². The minimum Gasteiger partial charge on any atom is -0.391 e. The molecule has 1 aromatic heterocycles. The highest BCUT2D eigenvalue weighted by molar-refractivity contribution is 5.43. The van der Waals surface area contributed by atoms with Crippen molar-refractivity contribution < 1.29 is 5.11 Å². The second kappa shape index (κ2) is 6.01. The molecule has 0 saturated carbocycles. The van der Waals surface area contributed by atoms with E-state index in [-0.39, 0.29) is 5.95 Å². The van der Waals surface area contributed by atoms with E-state index >= 15 is 0 Å². The van der Waals surface area contributed by atoms with Crippen LogP contribution >= 0.6 is 0 Å². The van der Waals surface area contributed by atoms with Crippen molar-refractivity contribution in [2.45, 2.75) is 46.3 Å². The number of nitrogens with zero attached hydrogens (tertiary/aromatic N) is 4. The third-order valence-corrected chi connectivity index (χ3v) is 3.17. The van der Waals surface area contributed by atoms with Gasteiger partial charge >= 0.3 is 0 Å². The predicted octanol–water partition coefficient (Wildman–Crippen LogP) is 0.871. The summed E-state index contributed by atoms with van der Waals surface area (Å²) in [4.78, 5) is 14.5. The molecular weight excluding hydrogens is 244 g/mol. The lowest BCUT2D eigenvalue weighted by molar-refractivity contribution is 0.132. The number of aliphatic hydroxyl groups is 1. The number of hydrogen-bond donors (Lipinski definition) is 3. The van der Waals surface area contributed by atoms with Crippen LogP contribution in [0.1, 0.15) is 34.6 Å². The Bertz CT molecular complexity index is 417. The first-order valence-corrected chi connectivity index (χ1v) is 6.52. The Morgan fingerprint density at radius 3 is 2.32 bits per heavy atom. The van der Waals surface area contributed by atoms with Crippen molar-refractivity contribution in [1.29, 1.82) is 0 Å². The van der Waals surface area contributed by atoms with Gasteiger partial charge in [0.05, 0.1) is 11.6 Å². The molecule has 1 unspecified atom stereocenters. The van der Waals surface area contributed by atoms with Crippen LogP contribution in [0.2, 0.25) is 0 Å². The van der Waals surface area contributed by atoms with Crippen molar-refractivity contribution >= 4 is 17.8 Å². The van der Waals surface area contributed by atoms with Gasteiger partial charge in [-0.3, -0.25) is 0 Å². The van der Waals surface area contributed by atoms with Gasteiger partial charge in [-0.2, -0.15) is 15.0 Å². The molecule has 19 heavy (non-hydrogen) atoms. The van der Waals surface area contributed by atoms with Gasteiger partial charge in [-0.15, -0.1) is 0 Å². The minimum atomic E-state index is -0.553. The maximum absolute atomic E-state index is 9.71. The van der Waals surface area contributed by atoms with Crippen LogP contribution in [0.5, 0.6) is 0 Å². The SMILES string of the molecule is CCN(CC)c1nc(N)nc(NC(C)(C)C(C)O)n1.